The lowest BCUT2D eigenvalue weighted by Gasteiger charge is -1.87. The molecule has 0 aromatic carbocycles. The quantitative estimate of drug-likeness (QED) is 0.751. The van der Waals surface area contributed by atoms with E-state index in [1.807, 2.05) is 27.7 Å². The molecule has 0 aliphatic rings. The van der Waals surface area contributed by atoms with Gasteiger partial charge in [-0.3, -0.25) is 4.79 Å². The Kier molecular flexibility index (Phi) is 34.9. The van der Waals surface area contributed by atoms with Crippen LogP contribution in [0.15, 0.2) is 12.2 Å². The zero-order valence-corrected chi connectivity index (χ0v) is 13.0. The molecule has 0 heterocycles. The standard InChI is InChI=1S/C5H11NO.C5H6O3.2C2H6/c1-5(7)3-2-4-6;1-4(6)2-3-5(7)8;2*1-2/h2-4,6H2,1H3;2-3H,1H3,(H,7,8);2*1-2H3/b;3-2+;;. The van der Waals surface area contributed by atoms with Gasteiger partial charge in [-0.05, 0) is 32.9 Å². The first kappa shape index (κ1) is 26.1. The van der Waals surface area contributed by atoms with Crippen LogP contribution in [-0.4, -0.2) is 29.2 Å². The van der Waals surface area contributed by atoms with Crippen molar-refractivity contribution in [3.63, 3.8) is 0 Å². The zero-order valence-electron chi connectivity index (χ0n) is 13.0. The monoisotopic (exact) mass is 275 g/mol. The Labute approximate surface area is 116 Å². The second kappa shape index (κ2) is 25.4. The molecule has 0 unspecified atom stereocenters. The highest BCUT2D eigenvalue weighted by atomic mass is 16.4. The van der Waals surface area contributed by atoms with E-state index < -0.39 is 5.97 Å². The minimum atomic E-state index is -1.10. The third-order valence-corrected chi connectivity index (χ3v) is 1.19. The van der Waals surface area contributed by atoms with Crippen molar-refractivity contribution in [2.24, 2.45) is 5.73 Å². The molecular weight excluding hydrogens is 246 g/mol. The van der Waals surface area contributed by atoms with Gasteiger partial charge in [0.15, 0.2) is 5.78 Å². The van der Waals surface area contributed by atoms with Crippen LogP contribution in [-0.2, 0) is 14.4 Å². The molecule has 0 bridgehead atoms. The smallest absolute Gasteiger partial charge is 0.328 e. The van der Waals surface area contributed by atoms with Crippen molar-refractivity contribution in [2.45, 2.75) is 54.4 Å². The fraction of sp³-hybridized carbons (Fsp3) is 0.643. The second-order valence-corrected chi connectivity index (χ2v) is 2.88. The highest BCUT2D eigenvalue weighted by Crippen LogP contribution is 1.84. The molecule has 0 spiro atoms. The molecule has 0 aliphatic carbocycles. The maximum Gasteiger partial charge on any atom is 0.328 e. The molecule has 0 rings (SSSR count). The van der Waals surface area contributed by atoms with Crippen molar-refractivity contribution in [1.82, 2.24) is 0 Å². The molecule has 0 amide bonds. The molecule has 5 heteroatoms. The highest BCUT2D eigenvalue weighted by Gasteiger charge is 1.87. The van der Waals surface area contributed by atoms with Crippen molar-refractivity contribution in [2.75, 3.05) is 6.54 Å². The minimum absolute atomic E-state index is 0.227. The average molecular weight is 275 g/mol. The number of carbonyl (C=O) groups is 3. The van der Waals surface area contributed by atoms with Gasteiger partial charge in [-0.15, -0.1) is 0 Å². The third kappa shape index (κ3) is 61.6. The van der Waals surface area contributed by atoms with Crippen molar-refractivity contribution in [1.29, 1.82) is 0 Å². The first-order chi connectivity index (χ1) is 8.90. The second-order valence-electron chi connectivity index (χ2n) is 2.88. The van der Waals surface area contributed by atoms with E-state index in [9.17, 15) is 14.4 Å². The summed E-state index contributed by atoms with van der Waals surface area (Å²) in [5, 5.41) is 7.92. The number of carboxylic acids is 1. The summed E-state index contributed by atoms with van der Waals surface area (Å²) in [5.74, 6) is -1.13. The molecule has 19 heavy (non-hydrogen) atoms. The number of allylic oxidation sites excluding steroid dienone is 1. The van der Waals surface area contributed by atoms with E-state index >= 15 is 0 Å². The van der Waals surface area contributed by atoms with Crippen molar-refractivity contribution < 1.29 is 19.5 Å². The van der Waals surface area contributed by atoms with Crippen LogP contribution >= 0.6 is 0 Å². The Morgan fingerprint density at radius 3 is 1.53 bits per heavy atom. The summed E-state index contributed by atoms with van der Waals surface area (Å²) in [6.07, 6.45) is 3.27. The number of carbonyl (C=O) groups excluding carboxylic acids is 2. The normalized spacial score (nSPS) is 7.95. The first-order valence-corrected chi connectivity index (χ1v) is 6.51. The van der Waals surface area contributed by atoms with Crippen molar-refractivity contribution >= 4 is 17.5 Å². The van der Waals surface area contributed by atoms with Crippen LogP contribution < -0.4 is 5.73 Å². The number of ketones is 2. The molecule has 0 aromatic heterocycles. The minimum Gasteiger partial charge on any atom is -0.478 e. The third-order valence-electron chi connectivity index (χ3n) is 1.19. The van der Waals surface area contributed by atoms with Gasteiger partial charge < -0.3 is 15.6 Å². The van der Waals surface area contributed by atoms with E-state index in [1.165, 1.54) is 6.92 Å². The Balaban J connectivity index is -0.0000000941. The first-order valence-electron chi connectivity index (χ1n) is 6.51. The lowest BCUT2D eigenvalue weighted by atomic mass is 10.2. The topological polar surface area (TPSA) is 97.5 Å². The molecule has 114 valence electrons. The van der Waals surface area contributed by atoms with Crippen LogP contribution in [0.25, 0.3) is 0 Å². The van der Waals surface area contributed by atoms with Crippen LogP contribution in [0.4, 0.5) is 0 Å². The van der Waals surface area contributed by atoms with E-state index in [1.54, 1.807) is 6.92 Å². The van der Waals surface area contributed by atoms with Gasteiger partial charge in [0.1, 0.15) is 5.78 Å². The number of rotatable bonds is 5. The molecule has 0 aliphatic heterocycles. The summed E-state index contributed by atoms with van der Waals surface area (Å²) < 4.78 is 0. The van der Waals surface area contributed by atoms with Crippen molar-refractivity contribution in [3.8, 4) is 0 Å². The van der Waals surface area contributed by atoms with Gasteiger partial charge in [0, 0.05) is 12.5 Å². The van der Waals surface area contributed by atoms with Crippen LogP contribution in [0.5, 0.6) is 0 Å². The fourth-order valence-corrected chi connectivity index (χ4v) is 0.540. The molecule has 0 aromatic rings. The number of hydrogen-bond acceptors (Lipinski definition) is 4. The molecule has 0 fully saturated rings. The van der Waals surface area contributed by atoms with Crippen LogP contribution in [0.2, 0.25) is 0 Å². The fourth-order valence-electron chi connectivity index (χ4n) is 0.540. The number of Topliss-reactive ketones (excluding diaryl/α,β-unsaturated/α-hetero) is 1. The Bertz CT molecular complexity index is 232. The van der Waals surface area contributed by atoms with Gasteiger partial charge in [0.2, 0.25) is 0 Å². The molecule has 0 saturated heterocycles. The summed E-state index contributed by atoms with van der Waals surface area (Å²) in [4.78, 5) is 29.8. The van der Waals surface area contributed by atoms with Gasteiger partial charge in [0.25, 0.3) is 0 Å². The SMILES string of the molecule is CC.CC.CC(=O)/C=C/C(=O)O.CC(=O)CCCN. The van der Waals surface area contributed by atoms with Crippen LogP contribution in [0, 0.1) is 0 Å². The maximum atomic E-state index is 10.1. The van der Waals surface area contributed by atoms with E-state index in [0.717, 1.165) is 18.6 Å². The summed E-state index contributed by atoms with van der Waals surface area (Å²) in [6.45, 7) is 11.5. The molecular formula is C14H29NO4. The Morgan fingerprint density at radius 1 is 1.00 bits per heavy atom. The summed E-state index contributed by atoms with van der Waals surface area (Å²) in [6, 6.07) is 0. The largest absolute Gasteiger partial charge is 0.478 e. The number of hydrogen-bond donors (Lipinski definition) is 2. The van der Waals surface area contributed by atoms with Crippen LogP contribution in [0.1, 0.15) is 54.4 Å². The van der Waals surface area contributed by atoms with E-state index in [-0.39, 0.29) is 11.6 Å². The van der Waals surface area contributed by atoms with E-state index in [0.29, 0.717) is 13.0 Å². The lowest BCUT2D eigenvalue weighted by Crippen LogP contribution is -2.00. The van der Waals surface area contributed by atoms with Crippen molar-refractivity contribution in [3.05, 3.63) is 12.2 Å². The predicted octanol–water partition coefficient (Wildman–Crippen LogP) is 2.58. The lowest BCUT2D eigenvalue weighted by molar-refractivity contribution is -0.131. The summed E-state index contributed by atoms with van der Waals surface area (Å²) in [7, 11) is 0. The summed E-state index contributed by atoms with van der Waals surface area (Å²) in [5.41, 5.74) is 5.12. The Morgan fingerprint density at radius 2 is 1.42 bits per heavy atom. The maximum absolute atomic E-state index is 10.1. The number of carboxylic acid groups (broad SMARTS) is 1. The molecule has 0 atom stereocenters. The highest BCUT2D eigenvalue weighted by molar-refractivity contribution is 5.93. The zero-order chi connectivity index (χ0) is 16.3. The molecule has 0 radical (unpaired) electrons. The Hall–Kier alpha value is -1.49. The van der Waals surface area contributed by atoms with Gasteiger partial charge >= 0.3 is 5.97 Å². The molecule has 5 nitrogen and oxygen atoms in total. The van der Waals surface area contributed by atoms with Gasteiger partial charge in [-0.25, -0.2) is 4.79 Å². The predicted molar refractivity (Wildman–Crippen MR) is 79.1 cm³/mol. The number of nitrogens with two attached hydrogens (primary N) is 1. The molecule has 0 saturated carbocycles. The van der Waals surface area contributed by atoms with Crippen LogP contribution in [0.3, 0.4) is 0 Å². The number of aliphatic carboxylic acids is 1. The van der Waals surface area contributed by atoms with E-state index in [2.05, 4.69) is 0 Å². The summed E-state index contributed by atoms with van der Waals surface area (Å²) >= 11 is 0. The average Bonchev–Trinajstić information content (AvgIpc) is 2.39. The van der Waals surface area contributed by atoms with E-state index in [4.69, 9.17) is 10.8 Å². The molecule has 3 N–H and O–H groups in total. The van der Waals surface area contributed by atoms with Gasteiger partial charge in [-0.1, -0.05) is 27.7 Å². The van der Waals surface area contributed by atoms with Gasteiger partial charge in [-0.2, -0.15) is 0 Å². The van der Waals surface area contributed by atoms with Gasteiger partial charge in [0.05, 0.1) is 0 Å².